The molecule has 1 fully saturated rings. The van der Waals surface area contributed by atoms with E-state index in [1.165, 1.54) is 10.6 Å². The summed E-state index contributed by atoms with van der Waals surface area (Å²) in [6.45, 7) is 2.45. The predicted octanol–water partition coefficient (Wildman–Crippen LogP) is 1.32. The SMILES string of the molecule is O=S(=O)(c1ccccc1)N1CCN(C[C@@H](O)c2ccco2)CC1. The van der Waals surface area contributed by atoms with Gasteiger partial charge in [0.25, 0.3) is 0 Å². The van der Waals surface area contributed by atoms with E-state index in [2.05, 4.69) is 0 Å². The van der Waals surface area contributed by atoms with E-state index in [4.69, 9.17) is 4.42 Å². The minimum absolute atomic E-state index is 0.323. The Morgan fingerprint density at radius 2 is 1.74 bits per heavy atom. The zero-order valence-corrected chi connectivity index (χ0v) is 13.5. The molecule has 2 heterocycles. The lowest BCUT2D eigenvalue weighted by Gasteiger charge is -2.34. The molecule has 1 atom stereocenters. The lowest BCUT2D eigenvalue weighted by molar-refractivity contribution is 0.0776. The van der Waals surface area contributed by atoms with Crippen molar-refractivity contribution in [3.8, 4) is 0 Å². The quantitative estimate of drug-likeness (QED) is 0.891. The highest BCUT2D eigenvalue weighted by molar-refractivity contribution is 7.89. The number of aliphatic hydroxyl groups is 1. The van der Waals surface area contributed by atoms with Crippen LogP contribution in [0.1, 0.15) is 11.9 Å². The minimum Gasteiger partial charge on any atom is -0.467 e. The summed E-state index contributed by atoms with van der Waals surface area (Å²) in [7, 11) is -3.43. The highest BCUT2D eigenvalue weighted by Crippen LogP contribution is 2.19. The molecule has 3 rings (SSSR count). The first kappa shape index (κ1) is 16.2. The summed E-state index contributed by atoms with van der Waals surface area (Å²) in [6.07, 6.45) is 0.838. The fourth-order valence-electron chi connectivity index (χ4n) is 2.71. The molecular formula is C16H20N2O4S. The highest BCUT2D eigenvalue weighted by Gasteiger charge is 2.29. The van der Waals surface area contributed by atoms with Crippen LogP contribution >= 0.6 is 0 Å². The van der Waals surface area contributed by atoms with Crippen LogP contribution in [0.2, 0.25) is 0 Å². The molecule has 1 saturated heterocycles. The van der Waals surface area contributed by atoms with Crippen molar-refractivity contribution in [1.29, 1.82) is 0 Å². The van der Waals surface area contributed by atoms with E-state index in [0.29, 0.717) is 43.4 Å². The number of rotatable bonds is 5. The summed E-state index contributed by atoms with van der Waals surface area (Å²) in [4.78, 5) is 2.37. The van der Waals surface area contributed by atoms with Crippen LogP contribution in [0.15, 0.2) is 58.0 Å². The smallest absolute Gasteiger partial charge is 0.243 e. The van der Waals surface area contributed by atoms with Gasteiger partial charge >= 0.3 is 0 Å². The Labute approximate surface area is 136 Å². The Morgan fingerprint density at radius 1 is 1.04 bits per heavy atom. The van der Waals surface area contributed by atoms with Crippen LogP contribution in [0.25, 0.3) is 0 Å². The second-order valence-corrected chi connectivity index (χ2v) is 7.49. The average Bonchev–Trinajstić information content (AvgIpc) is 3.11. The van der Waals surface area contributed by atoms with Gasteiger partial charge in [-0.15, -0.1) is 0 Å². The number of furan rings is 1. The van der Waals surface area contributed by atoms with Crippen molar-refractivity contribution in [1.82, 2.24) is 9.21 Å². The molecule has 1 aromatic heterocycles. The molecule has 6 nitrogen and oxygen atoms in total. The maximum atomic E-state index is 12.5. The Kier molecular flexibility index (Phi) is 4.82. The zero-order chi connectivity index (χ0) is 16.3. The minimum atomic E-state index is -3.43. The third kappa shape index (κ3) is 3.64. The molecule has 1 aromatic carbocycles. The Balaban J connectivity index is 1.58. The van der Waals surface area contributed by atoms with Crippen LogP contribution < -0.4 is 0 Å². The van der Waals surface area contributed by atoms with Crippen molar-refractivity contribution in [3.05, 3.63) is 54.5 Å². The average molecular weight is 336 g/mol. The summed E-state index contributed by atoms with van der Waals surface area (Å²) in [5, 5.41) is 10.1. The van der Waals surface area contributed by atoms with Gasteiger partial charge in [0.2, 0.25) is 10.0 Å². The largest absolute Gasteiger partial charge is 0.467 e. The van der Waals surface area contributed by atoms with E-state index in [1.807, 2.05) is 4.90 Å². The number of sulfonamides is 1. The number of piperazine rings is 1. The van der Waals surface area contributed by atoms with Gasteiger partial charge in [0.15, 0.2) is 0 Å². The van der Waals surface area contributed by atoms with Gasteiger partial charge in [0, 0.05) is 32.7 Å². The van der Waals surface area contributed by atoms with Crippen molar-refractivity contribution in [2.24, 2.45) is 0 Å². The second kappa shape index (κ2) is 6.84. The number of hydrogen-bond acceptors (Lipinski definition) is 5. The molecule has 0 amide bonds. The maximum Gasteiger partial charge on any atom is 0.243 e. The molecule has 124 valence electrons. The molecule has 2 aromatic rings. The molecule has 1 aliphatic rings. The molecule has 0 radical (unpaired) electrons. The Hall–Kier alpha value is -1.67. The summed E-state index contributed by atoms with van der Waals surface area (Å²) < 4.78 is 31.8. The number of hydrogen-bond donors (Lipinski definition) is 1. The Bertz CT molecular complexity index is 708. The molecule has 7 heteroatoms. The summed E-state index contributed by atoms with van der Waals surface area (Å²) in [6, 6.07) is 12.0. The van der Waals surface area contributed by atoms with Gasteiger partial charge in [-0.1, -0.05) is 18.2 Å². The van der Waals surface area contributed by atoms with Gasteiger partial charge < -0.3 is 9.52 Å². The monoisotopic (exact) mass is 336 g/mol. The maximum absolute atomic E-state index is 12.5. The van der Waals surface area contributed by atoms with Crippen molar-refractivity contribution in [2.75, 3.05) is 32.7 Å². The van der Waals surface area contributed by atoms with Gasteiger partial charge in [-0.05, 0) is 24.3 Å². The lowest BCUT2D eigenvalue weighted by Crippen LogP contribution is -2.49. The van der Waals surface area contributed by atoms with Crippen LogP contribution in [0.4, 0.5) is 0 Å². The number of benzene rings is 1. The molecule has 1 aliphatic heterocycles. The van der Waals surface area contributed by atoms with E-state index in [1.54, 1.807) is 42.5 Å². The topological polar surface area (TPSA) is 74.0 Å². The third-order valence-electron chi connectivity index (χ3n) is 4.01. The van der Waals surface area contributed by atoms with Gasteiger partial charge in [0.05, 0.1) is 11.2 Å². The van der Waals surface area contributed by atoms with E-state index >= 15 is 0 Å². The van der Waals surface area contributed by atoms with Crippen LogP contribution in [-0.4, -0.2) is 55.5 Å². The van der Waals surface area contributed by atoms with Crippen LogP contribution in [0.5, 0.6) is 0 Å². The molecular weight excluding hydrogens is 316 g/mol. The van der Waals surface area contributed by atoms with Gasteiger partial charge in [-0.2, -0.15) is 4.31 Å². The van der Waals surface area contributed by atoms with Crippen LogP contribution in [0.3, 0.4) is 0 Å². The summed E-state index contributed by atoms with van der Waals surface area (Å²) in [5.74, 6) is 0.532. The fourth-order valence-corrected chi connectivity index (χ4v) is 4.15. The predicted molar refractivity (Wildman–Crippen MR) is 85.3 cm³/mol. The summed E-state index contributed by atoms with van der Waals surface area (Å²) >= 11 is 0. The third-order valence-corrected chi connectivity index (χ3v) is 5.93. The van der Waals surface area contributed by atoms with Gasteiger partial charge in [0.1, 0.15) is 11.9 Å². The van der Waals surface area contributed by atoms with Crippen molar-refractivity contribution in [2.45, 2.75) is 11.0 Å². The van der Waals surface area contributed by atoms with E-state index < -0.39 is 16.1 Å². The number of nitrogens with zero attached hydrogens (tertiary/aromatic N) is 2. The first-order valence-corrected chi connectivity index (χ1v) is 9.00. The standard InChI is InChI=1S/C16H20N2O4S/c19-15(16-7-4-12-22-16)13-17-8-10-18(11-9-17)23(20,21)14-5-2-1-3-6-14/h1-7,12,15,19H,8-11,13H2/t15-/m1/s1. The number of aliphatic hydroxyl groups excluding tert-OH is 1. The van der Waals surface area contributed by atoms with Crippen LogP contribution in [0, 0.1) is 0 Å². The molecule has 1 N–H and O–H groups in total. The molecule has 0 saturated carbocycles. The van der Waals surface area contributed by atoms with Gasteiger partial charge in [-0.25, -0.2) is 8.42 Å². The highest BCUT2D eigenvalue weighted by atomic mass is 32.2. The molecule has 23 heavy (non-hydrogen) atoms. The molecule has 0 spiro atoms. The fraction of sp³-hybridized carbons (Fsp3) is 0.375. The van der Waals surface area contributed by atoms with Crippen molar-refractivity contribution in [3.63, 3.8) is 0 Å². The Morgan fingerprint density at radius 3 is 2.35 bits per heavy atom. The van der Waals surface area contributed by atoms with E-state index in [0.717, 1.165) is 0 Å². The van der Waals surface area contributed by atoms with Crippen molar-refractivity contribution < 1.29 is 17.9 Å². The van der Waals surface area contributed by atoms with Crippen LogP contribution in [-0.2, 0) is 10.0 Å². The molecule has 0 bridgehead atoms. The lowest BCUT2D eigenvalue weighted by atomic mass is 10.2. The van der Waals surface area contributed by atoms with E-state index in [-0.39, 0.29) is 0 Å². The zero-order valence-electron chi connectivity index (χ0n) is 12.7. The van der Waals surface area contributed by atoms with Gasteiger partial charge in [-0.3, -0.25) is 4.90 Å². The first-order chi connectivity index (χ1) is 11.1. The van der Waals surface area contributed by atoms with Crippen molar-refractivity contribution >= 4 is 10.0 Å². The molecule has 0 unspecified atom stereocenters. The first-order valence-electron chi connectivity index (χ1n) is 7.56. The normalized spacial score (nSPS) is 18.8. The van der Waals surface area contributed by atoms with E-state index in [9.17, 15) is 13.5 Å². The number of β-amino-alcohol motifs (C(OH)–C–C–N with tert-alkyl or cyclic N) is 1. The molecule has 0 aliphatic carbocycles. The second-order valence-electron chi connectivity index (χ2n) is 5.55. The summed E-state index contributed by atoms with van der Waals surface area (Å²) in [5.41, 5.74) is 0.